The zero-order valence-corrected chi connectivity index (χ0v) is 18.6. The molecule has 1 aliphatic heterocycles. The van der Waals surface area contributed by atoms with E-state index in [1.54, 1.807) is 30.5 Å². The van der Waals surface area contributed by atoms with E-state index in [0.717, 1.165) is 57.7 Å². The number of nitrogens with one attached hydrogen (secondary N) is 4. The van der Waals surface area contributed by atoms with Crippen LogP contribution in [0.3, 0.4) is 0 Å². The van der Waals surface area contributed by atoms with E-state index in [-0.39, 0.29) is 6.03 Å². The van der Waals surface area contributed by atoms with Crippen LogP contribution in [0.15, 0.2) is 53.9 Å². The molecule has 4 heterocycles. The van der Waals surface area contributed by atoms with Crippen molar-refractivity contribution >= 4 is 45.8 Å². The lowest BCUT2D eigenvalue weighted by Gasteiger charge is -2.08. The summed E-state index contributed by atoms with van der Waals surface area (Å²) in [5.74, 6) is 1.96. The number of fused-ring (bicyclic) bond motifs is 1. The molecule has 0 bridgehead atoms. The van der Waals surface area contributed by atoms with Crippen LogP contribution >= 0.6 is 23.1 Å². The molecule has 9 nitrogen and oxygen atoms in total. The lowest BCUT2D eigenvalue weighted by atomic mass is 10.1. The Bertz CT molecular complexity index is 1220. The summed E-state index contributed by atoms with van der Waals surface area (Å²) < 4.78 is 0. The van der Waals surface area contributed by atoms with Gasteiger partial charge in [0.05, 0.1) is 16.3 Å². The van der Waals surface area contributed by atoms with E-state index in [1.807, 2.05) is 30.3 Å². The van der Waals surface area contributed by atoms with Gasteiger partial charge in [0.15, 0.2) is 5.13 Å². The number of hydrogen-bond donors (Lipinski definition) is 4. The first kappa shape index (κ1) is 20.5. The molecular formula is C21H20N8OS2. The number of nitrogens with zero attached hydrogens (tertiary/aromatic N) is 4. The van der Waals surface area contributed by atoms with Crippen LogP contribution in [0.25, 0.3) is 11.3 Å². The van der Waals surface area contributed by atoms with E-state index >= 15 is 0 Å². The smallest absolute Gasteiger partial charge is 0.325 e. The van der Waals surface area contributed by atoms with Gasteiger partial charge in [0.2, 0.25) is 0 Å². The van der Waals surface area contributed by atoms with Gasteiger partial charge in [0.1, 0.15) is 12.1 Å². The van der Waals surface area contributed by atoms with Crippen LogP contribution in [0, 0.1) is 0 Å². The average molecular weight is 465 g/mol. The molecule has 3 aromatic heterocycles. The number of carbonyl (C=O) groups excluding carboxylic acids is 1. The van der Waals surface area contributed by atoms with Gasteiger partial charge in [-0.1, -0.05) is 12.1 Å². The molecule has 1 aliphatic rings. The molecule has 5 rings (SSSR count). The van der Waals surface area contributed by atoms with Gasteiger partial charge >= 0.3 is 6.03 Å². The van der Waals surface area contributed by atoms with Gasteiger partial charge in [-0.25, -0.2) is 19.7 Å². The van der Waals surface area contributed by atoms with E-state index in [1.165, 1.54) is 11.3 Å². The summed E-state index contributed by atoms with van der Waals surface area (Å²) >= 11 is 3.26. The highest BCUT2D eigenvalue weighted by Gasteiger charge is 2.17. The van der Waals surface area contributed by atoms with Crippen LogP contribution in [0.4, 0.5) is 21.4 Å². The third-order valence-electron chi connectivity index (χ3n) is 4.83. The van der Waals surface area contributed by atoms with Crippen molar-refractivity contribution in [3.05, 3.63) is 59.6 Å². The van der Waals surface area contributed by atoms with E-state index in [0.29, 0.717) is 10.8 Å². The van der Waals surface area contributed by atoms with Crippen molar-refractivity contribution in [1.29, 1.82) is 0 Å². The SMILES string of the molecule is O=C(Nc1cccc(-c2ccn[nH]2)c1)Nc1ncc(CCNc2ncnc3c2SCC3)s1. The second-order valence-corrected chi connectivity index (χ2v) is 9.26. The first-order valence-corrected chi connectivity index (χ1v) is 11.9. The minimum Gasteiger partial charge on any atom is -0.369 e. The number of rotatable bonds is 7. The topological polar surface area (TPSA) is 121 Å². The zero-order chi connectivity index (χ0) is 21.8. The predicted octanol–water partition coefficient (Wildman–Crippen LogP) is 4.27. The summed E-state index contributed by atoms with van der Waals surface area (Å²) in [5.41, 5.74) is 3.64. The highest BCUT2D eigenvalue weighted by molar-refractivity contribution is 7.99. The van der Waals surface area contributed by atoms with Crippen LogP contribution in [-0.4, -0.2) is 43.5 Å². The number of aromatic amines is 1. The maximum absolute atomic E-state index is 12.4. The molecule has 1 aromatic carbocycles. The van der Waals surface area contributed by atoms with Crippen LogP contribution in [0.5, 0.6) is 0 Å². The molecule has 0 spiro atoms. The summed E-state index contributed by atoms with van der Waals surface area (Å²) in [6.07, 6.45) is 6.88. The zero-order valence-electron chi connectivity index (χ0n) is 17.0. The minimum absolute atomic E-state index is 0.334. The van der Waals surface area contributed by atoms with Crippen molar-refractivity contribution in [2.75, 3.05) is 28.2 Å². The molecule has 0 saturated heterocycles. The molecule has 32 heavy (non-hydrogen) atoms. The van der Waals surface area contributed by atoms with Gasteiger partial charge in [-0.15, -0.1) is 23.1 Å². The first-order chi connectivity index (χ1) is 15.7. The number of aromatic nitrogens is 5. The fourth-order valence-corrected chi connectivity index (χ4v) is 5.23. The van der Waals surface area contributed by atoms with Gasteiger partial charge < -0.3 is 10.6 Å². The van der Waals surface area contributed by atoms with Crippen molar-refractivity contribution in [3.63, 3.8) is 0 Å². The normalized spacial score (nSPS) is 12.4. The fraction of sp³-hybridized carbons (Fsp3) is 0.190. The van der Waals surface area contributed by atoms with E-state index < -0.39 is 0 Å². The molecule has 0 saturated carbocycles. The number of aryl methyl sites for hydroxylation is 1. The number of hydrogen-bond acceptors (Lipinski definition) is 8. The number of thiazole rings is 1. The van der Waals surface area contributed by atoms with Crippen LogP contribution in [0.1, 0.15) is 10.6 Å². The average Bonchev–Trinajstić information content (AvgIpc) is 3.56. The Labute approximate surface area is 192 Å². The highest BCUT2D eigenvalue weighted by Crippen LogP contribution is 2.34. The molecule has 4 aromatic rings. The number of thioether (sulfide) groups is 1. The Kier molecular flexibility index (Phi) is 5.99. The Morgan fingerprint density at radius 2 is 2.12 bits per heavy atom. The van der Waals surface area contributed by atoms with Gasteiger partial charge in [0.25, 0.3) is 0 Å². The Balaban J connectivity index is 1.13. The lowest BCUT2D eigenvalue weighted by Crippen LogP contribution is -2.19. The molecular weight excluding hydrogens is 444 g/mol. The molecule has 0 aliphatic carbocycles. The number of benzene rings is 1. The highest BCUT2D eigenvalue weighted by atomic mass is 32.2. The third kappa shape index (κ3) is 4.73. The second-order valence-electron chi connectivity index (χ2n) is 7.04. The maximum Gasteiger partial charge on any atom is 0.325 e. The monoisotopic (exact) mass is 464 g/mol. The van der Waals surface area contributed by atoms with Crippen molar-refractivity contribution in [2.45, 2.75) is 17.7 Å². The lowest BCUT2D eigenvalue weighted by molar-refractivity contribution is 0.262. The molecule has 11 heteroatoms. The fourth-order valence-electron chi connectivity index (χ4n) is 3.34. The van der Waals surface area contributed by atoms with Gasteiger partial charge in [0, 0.05) is 53.7 Å². The Morgan fingerprint density at radius 3 is 3.03 bits per heavy atom. The van der Waals surface area contributed by atoms with Gasteiger partial charge in [-0.05, 0) is 18.2 Å². The summed E-state index contributed by atoms with van der Waals surface area (Å²) in [6.45, 7) is 0.734. The van der Waals surface area contributed by atoms with Gasteiger partial charge in [-0.2, -0.15) is 5.10 Å². The molecule has 162 valence electrons. The molecule has 2 amide bonds. The Hall–Kier alpha value is -3.44. The number of anilines is 3. The van der Waals surface area contributed by atoms with Crippen LogP contribution < -0.4 is 16.0 Å². The van der Waals surface area contributed by atoms with Crippen LogP contribution in [-0.2, 0) is 12.8 Å². The first-order valence-electron chi connectivity index (χ1n) is 10.1. The third-order valence-corrected chi connectivity index (χ3v) is 6.93. The summed E-state index contributed by atoms with van der Waals surface area (Å²) in [7, 11) is 0. The number of H-pyrrole nitrogens is 1. The van der Waals surface area contributed by atoms with Crippen molar-refractivity contribution in [3.8, 4) is 11.3 Å². The van der Waals surface area contributed by atoms with Crippen molar-refractivity contribution in [1.82, 2.24) is 25.1 Å². The standard InChI is InChI=1S/C21H20N8OS2/c30-20(27-14-3-1-2-13(10-14)16-5-8-26-29-16)28-21-23-11-15(32-21)4-7-22-19-18-17(6-9-31-18)24-12-25-19/h1-3,5,8,10-12H,4,6-7,9H2,(H,26,29)(H,22,24,25)(H2,23,27,28,30). The second kappa shape index (κ2) is 9.37. The van der Waals surface area contributed by atoms with E-state index in [9.17, 15) is 4.79 Å². The van der Waals surface area contributed by atoms with Crippen molar-refractivity contribution < 1.29 is 4.79 Å². The number of urea groups is 1. The van der Waals surface area contributed by atoms with E-state index in [4.69, 9.17) is 0 Å². The molecule has 0 radical (unpaired) electrons. The number of amides is 2. The molecule has 4 N–H and O–H groups in total. The largest absolute Gasteiger partial charge is 0.369 e. The Morgan fingerprint density at radius 1 is 1.16 bits per heavy atom. The molecule has 0 atom stereocenters. The predicted molar refractivity (Wildman–Crippen MR) is 127 cm³/mol. The maximum atomic E-state index is 12.4. The van der Waals surface area contributed by atoms with Crippen LogP contribution in [0.2, 0.25) is 0 Å². The quantitative estimate of drug-likeness (QED) is 0.322. The minimum atomic E-state index is -0.334. The molecule has 0 unspecified atom stereocenters. The van der Waals surface area contributed by atoms with Gasteiger partial charge in [-0.3, -0.25) is 10.4 Å². The summed E-state index contributed by atoms with van der Waals surface area (Å²) in [6, 6.07) is 9.09. The molecule has 0 fully saturated rings. The summed E-state index contributed by atoms with van der Waals surface area (Å²) in [4.78, 5) is 27.6. The van der Waals surface area contributed by atoms with Crippen molar-refractivity contribution in [2.24, 2.45) is 0 Å². The number of carbonyl (C=O) groups is 1. The van der Waals surface area contributed by atoms with E-state index in [2.05, 4.69) is 41.1 Å². The summed E-state index contributed by atoms with van der Waals surface area (Å²) in [5, 5.41) is 16.5.